The van der Waals surface area contributed by atoms with Crippen molar-refractivity contribution in [3.8, 4) is 0 Å². The van der Waals surface area contributed by atoms with Gasteiger partial charge in [-0.1, -0.05) is 0 Å². The van der Waals surface area contributed by atoms with E-state index in [1.807, 2.05) is 27.7 Å². The van der Waals surface area contributed by atoms with Crippen molar-refractivity contribution in [3.05, 3.63) is 0 Å². The summed E-state index contributed by atoms with van der Waals surface area (Å²) >= 11 is 0. The van der Waals surface area contributed by atoms with E-state index in [0.717, 1.165) is 0 Å². The summed E-state index contributed by atoms with van der Waals surface area (Å²) < 4.78 is 5.38. The first kappa shape index (κ1) is 15.1. The van der Waals surface area contributed by atoms with Crippen LogP contribution < -0.4 is 0 Å². The Hall–Kier alpha value is -0.940. The molecule has 0 aliphatic carbocycles. The second-order valence-corrected chi connectivity index (χ2v) is 6.16. The first-order valence-electron chi connectivity index (χ1n) is 6.31. The molecule has 0 aromatic carbocycles. The molecule has 0 aromatic rings. The predicted octanol–water partition coefficient (Wildman–Crippen LogP) is 1.92. The number of rotatable bonds is 4. The molecule has 0 spiro atoms. The molecule has 1 heterocycles. The zero-order valence-corrected chi connectivity index (χ0v) is 11.6. The van der Waals surface area contributed by atoms with Gasteiger partial charge in [0.05, 0.1) is 6.42 Å². The smallest absolute Gasteiger partial charge is 0.306 e. The molecule has 0 atom stereocenters. The molecule has 1 saturated heterocycles. The molecule has 104 valence electrons. The van der Waals surface area contributed by atoms with Gasteiger partial charge in [0.1, 0.15) is 12.4 Å². The normalized spacial score (nSPS) is 23.6. The Morgan fingerprint density at radius 1 is 1.33 bits per heavy atom. The van der Waals surface area contributed by atoms with Crippen LogP contribution in [0.3, 0.4) is 0 Å². The number of ether oxygens (including phenoxy) is 1. The van der Waals surface area contributed by atoms with Gasteiger partial charge in [-0.3, -0.25) is 4.79 Å². The second-order valence-electron chi connectivity index (χ2n) is 6.16. The zero-order valence-electron chi connectivity index (χ0n) is 11.6. The molecule has 1 aliphatic rings. The Morgan fingerprint density at radius 3 is 2.28 bits per heavy atom. The average Bonchev–Trinajstić information content (AvgIpc) is 2.22. The van der Waals surface area contributed by atoms with E-state index in [4.69, 9.17) is 4.74 Å². The molecule has 5 heteroatoms. The van der Waals surface area contributed by atoms with Crippen molar-refractivity contribution in [2.24, 2.45) is 0 Å². The van der Waals surface area contributed by atoms with Crippen LogP contribution in [0.1, 0.15) is 53.4 Å². The highest BCUT2D eigenvalue weighted by atomic mass is 16.5. The number of esters is 1. The summed E-state index contributed by atoms with van der Waals surface area (Å²) in [4.78, 5) is 21.7. The minimum absolute atomic E-state index is 0.129. The van der Waals surface area contributed by atoms with Crippen LogP contribution in [0.25, 0.3) is 0 Å². The summed E-state index contributed by atoms with van der Waals surface area (Å²) in [6.45, 7) is 7.67. The maximum absolute atomic E-state index is 11.5. The number of aldehydes is 1. The fourth-order valence-corrected chi connectivity index (χ4v) is 2.68. The van der Waals surface area contributed by atoms with E-state index in [-0.39, 0.29) is 24.9 Å². The van der Waals surface area contributed by atoms with Gasteiger partial charge in [0.2, 0.25) is 0 Å². The lowest BCUT2D eigenvalue weighted by atomic mass is 9.80. The van der Waals surface area contributed by atoms with Crippen LogP contribution in [0.4, 0.5) is 0 Å². The first-order chi connectivity index (χ1) is 8.19. The highest BCUT2D eigenvalue weighted by Crippen LogP contribution is 2.37. The van der Waals surface area contributed by atoms with Crippen LogP contribution in [-0.2, 0) is 14.3 Å². The van der Waals surface area contributed by atoms with Crippen molar-refractivity contribution in [1.29, 1.82) is 0 Å². The monoisotopic (exact) mass is 257 g/mol. The number of hydrogen-bond acceptors (Lipinski definition) is 5. The number of piperidine rings is 1. The van der Waals surface area contributed by atoms with E-state index in [0.29, 0.717) is 19.1 Å². The van der Waals surface area contributed by atoms with Crippen molar-refractivity contribution < 1.29 is 19.5 Å². The van der Waals surface area contributed by atoms with Crippen LogP contribution in [0.15, 0.2) is 0 Å². The summed E-state index contributed by atoms with van der Waals surface area (Å²) in [5.74, 6) is -0.343. The Kier molecular flexibility index (Phi) is 4.50. The third-order valence-electron chi connectivity index (χ3n) is 3.37. The maximum Gasteiger partial charge on any atom is 0.306 e. The molecule has 0 saturated carbocycles. The van der Waals surface area contributed by atoms with E-state index in [1.165, 1.54) is 5.06 Å². The van der Waals surface area contributed by atoms with Gasteiger partial charge >= 0.3 is 5.97 Å². The summed E-state index contributed by atoms with van der Waals surface area (Å²) in [6.07, 6.45) is 2.00. The van der Waals surface area contributed by atoms with E-state index >= 15 is 0 Å². The molecule has 0 radical (unpaired) electrons. The van der Waals surface area contributed by atoms with Gasteiger partial charge < -0.3 is 14.7 Å². The average molecular weight is 257 g/mol. The molecule has 0 aromatic heterocycles. The largest absolute Gasteiger partial charge is 0.462 e. The Balaban J connectivity index is 2.63. The highest BCUT2D eigenvalue weighted by Gasteiger charge is 2.46. The lowest BCUT2D eigenvalue weighted by Gasteiger charge is -2.50. The molecule has 5 nitrogen and oxygen atoms in total. The van der Waals surface area contributed by atoms with Gasteiger partial charge in [-0.25, -0.2) is 0 Å². The van der Waals surface area contributed by atoms with Crippen LogP contribution >= 0.6 is 0 Å². The number of nitrogens with zero attached hydrogens (tertiary/aromatic N) is 1. The third-order valence-corrected chi connectivity index (χ3v) is 3.37. The Morgan fingerprint density at radius 2 is 1.83 bits per heavy atom. The van der Waals surface area contributed by atoms with Crippen LogP contribution in [0.2, 0.25) is 0 Å². The van der Waals surface area contributed by atoms with Gasteiger partial charge in [-0.05, 0) is 27.7 Å². The minimum atomic E-state index is -0.433. The summed E-state index contributed by atoms with van der Waals surface area (Å²) in [5, 5.41) is 11.4. The first-order valence-corrected chi connectivity index (χ1v) is 6.31. The summed E-state index contributed by atoms with van der Waals surface area (Å²) in [5.41, 5.74) is -0.866. The molecular weight excluding hydrogens is 234 g/mol. The topological polar surface area (TPSA) is 66.8 Å². The molecule has 18 heavy (non-hydrogen) atoms. The van der Waals surface area contributed by atoms with Crippen LogP contribution in [-0.4, -0.2) is 39.7 Å². The SMILES string of the molecule is CC1(C)CC(OC(=O)CCC=O)CC(C)(C)N1O. The van der Waals surface area contributed by atoms with Crippen LogP contribution in [0.5, 0.6) is 0 Å². The second kappa shape index (κ2) is 5.36. The fraction of sp³-hybridized carbons (Fsp3) is 0.846. The van der Waals surface area contributed by atoms with E-state index in [9.17, 15) is 14.8 Å². The highest BCUT2D eigenvalue weighted by molar-refractivity contribution is 5.72. The van der Waals surface area contributed by atoms with Crippen molar-refractivity contribution in [1.82, 2.24) is 5.06 Å². The molecule has 1 aliphatic heterocycles. The van der Waals surface area contributed by atoms with Gasteiger partial charge in [0.25, 0.3) is 0 Å². The Labute approximate surface area is 108 Å². The van der Waals surface area contributed by atoms with Gasteiger partial charge in [0, 0.05) is 30.3 Å². The minimum Gasteiger partial charge on any atom is -0.462 e. The molecule has 1 N–H and O–H groups in total. The summed E-state index contributed by atoms with van der Waals surface area (Å²) in [6, 6.07) is 0. The number of carbonyl (C=O) groups excluding carboxylic acids is 2. The lowest BCUT2D eigenvalue weighted by molar-refractivity contribution is -0.259. The molecule has 0 bridgehead atoms. The van der Waals surface area contributed by atoms with Crippen LogP contribution in [0, 0.1) is 0 Å². The van der Waals surface area contributed by atoms with Gasteiger partial charge in [-0.15, -0.1) is 0 Å². The molecule has 1 fully saturated rings. The molecular formula is C13H23NO4. The van der Waals surface area contributed by atoms with E-state index < -0.39 is 11.1 Å². The van der Waals surface area contributed by atoms with Gasteiger partial charge in [0.15, 0.2) is 0 Å². The van der Waals surface area contributed by atoms with E-state index in [2.05, 4.69) is 0 Å². The summed E-state index contributed by atoms with van der Waals surface area (Å²) in [7, 11) is 0. The number of hydrogen-bond donors (Lipinski definition) is 1. The predicted molar refractivity (Wildman–Crippen MR) is 66.2 cm³/mol. The molecule has 1 rings (SSSR count). The zero-order chi connectivity index (χ0) is 14.0. The lowest BCUT2D eigenvalue weighted by Crippen LogP contribution is -2.60. The van der Waals surface area contributed by atoms with Crippen molar-refractivity contribution >= 4 is 12.3 Å². The quantitative estimate of drug-likeness (QED) is 0.615. The maximum atomic E-state index is 11.5. The van der Waals surface area contributed by atoms with Crippen molar-refractivity contribution in [2.45, 2.75) is 70.6 Å². The standard InChI is InChI=1S/C13H23NO4/c1-12(2)8-10(9-13(3,4)14(12)17)18-11(16)6-5-7-15/h7,10,17H,5-6,8-9H2,1-4H3. The van der Waals surface area contributed by atoms with E-state index in [1.54, 1.807) is 0 Å². The van der Waals surface area contributed by atoms with Gasteiger partial charge in [-0.2, -0.15) is 5.06 Å². The number of hydroxylamine groups is 2. The number of carbonyl (C=O) groups is 2. The molecule has 0 amide bonds. The van der Waals surface area contributed by atoms with Crippen molar-refractivity contribution in [3.63, 3.8) is 0 Å². The van der Waals surface area contributed by atoms with Crippen molar-refractivity contribution in [2.75, 3.05) is 0 Å². The Bertz CT molecular complexity index is 307. The third kappa shape index (κ3) is 3.53. The fourth-order valence-electron chi connectivity index (χ4n) is 2.68. The molecule has 0 unspecified atom stereocenters.